The predicted octanol–water partition coefficient (Wildman–Crippen LogP) is 5.35. The van der Waals surface area contributed by atoms with Crippen LogP contribution in [0.5, 0.6) is 0 Å². The minimum Gasteiger partial charge on any atom is -0.477 e. The number of carbonyl (C=O) groups is 3. The van der Waals surface area contributed by atoms with Crippen LogP contribution < -0.4 is 9.80 Å². The van der Waals surface area contributed by atoms with Gasteiger partial charge in [-0.1, -0.05) is 50.6 Å². The number of ketones is 1. The summed E-state index contributed by atoms with van der Waals surface area (Å²) in [5.74, 6) is -2.08. The molecule has 204 valence electrons. The number of carbonyl (C=O) groups excluding carboxylic acids is 2. The van der Waals surface area contributed by atoms with Gasteiger partial charge >= 0.3 is 11.9 Å². The topological polar surface area (TPSA) is 83.5 Å². The van der Waals surface area contributed by atoms with E-state index in [0.29, 0.717) is 6.54 Å². The van der Waals surface area contributed by atoms with Gasteiger partial charge in [0.05, 0.1) is 17.7 Å². The molecular weight excluding hydrogens is 496 g/mol. The van der Waals surface area contributed by atoms with Crippen molar-refractivity contribution in [1.82, 2.24) is 9.80 Å². The Morgan fingerprint density at radius 2 is 1.84 bits per heavy atom. The molecule has 2 aliphatic rings. The molecule has 2 aliphatic heterocycles. The highest BCUT2D eigenvalue weighted by atomic mass is 32.2. The lowest BCUT2D eigenvalue weighted by atomic mass is 9.70. The molecule has 0 spiro atoms. The molecule has 4 rings (SSSR count). The van der Waals surface area contributed by atoms with Crippen LogP contribution in [0.15, 0.2) is 36.4 Å². The van der Waals surface area contributed by atoms with Gasteiger partial charge < -0.3 is 10.4 Å². The zero-order valence-electron chi connectivity index (χ0n) is 23.7. The molecule has 0 radical (unpaired) electrons. The summed E-state index contributed by atoms with van der Waals surface area (Å²) in [5.41, 5.74) is 4.25. The molecule has 2 aromatic rings. The van der Waals surface area contributed by atoms with Gasteiger partial charge in [0, 0.05) is 36.6 Å². The molecule has 6 nitrogen and oxygen atoms in total. The summed E-state index contributed by atoms with van der Waals surface area (Å²) >= 11 is 1.57. The molecule has 2 N–H and O–H groups in total. The molecular formula is C31H41N2O4S+. The lowest BCUT2D eigenvalue weighted by Gasteiger charge is -2.54. The first-order chi connectivity index (χ1) is 17.8. The molecule has 0 bridgehead atoms. The van der Waals surface area contributed by atoms with Crippen molar-refractivity contribution in [3.05, 3.63) is 64.2 Å². The van der Waals surface area contributed by atoms with Gasteiger partial charge in [-0.25, -0.2) is 14.1 Å². The average Bonchev–Trinajstić information content (AvgIpc) is 2.94. The Morgan fingerprint density at radius 3 is 2.47 bits per heavy atom. The van der Waals surface area contributed by atoms with Crippen molar-refractivity contribution in [3.8, 4) is 0 Å². The molecule has 2 aromatic carbocycles. The zero-order valence-corrected chi connectivity index (χ0v) is 24.5. The normalized spacial score (nSPS) is 27.9. The first kappa shape index (κ1) is 28.5. The number of quaternary nitrogens is 1. The number of Topliss-reactive ketones (excluding diaryl/α,β-unsaturated/α-hetero) is 1. The third-order valence-electron chi connectivity index (χ3n) is 8.47. The van der Waals surface area contributed by atoms with Crippen molar-refractivity contribution in [2.75, 3.05) is 25.4 Å². The second kappa shape index (κ2) is 10.2. The van der Waals surface area contributed by atoms with E-state index in [-0.39, 0.29) is 46.7 Å². The maximum Gasteiger partial charge on any atom is 0.367 e. The second-order valence-electron chi connectivity index (χ2n) is 12.3. The lowest BCUT2D eigenvalue weighted by Crippen LogP contribution is -2.80. The number of rotatable bonds is 5. The molecule has 1 unspecified atom stereocenters. The van der Waals surface area contributed by atoms with Crippen molar-refractivity contribution in [3.63, 3.8) is 0 Å². The minimum atomic E-state index is -1.61. The second-order valence-corrected chi connectivity index (χ2v) is 13.4. The van der Waals surface area contributed by atoms with E-state index in [1.54, 1.807) is 11.8 Å². The van der Waals surface area contributed by atoms with E-state index >= 15 is 0 Å². The number of nitrogens with zero attached hydrogens (tertiary/aromatic N) is 1. The number of piperidine rings is 1. The summed E-state index contributed by atoms with van der Waals surface area (Å²) in [4.78, 5) is 41.5. The van der Waals surface area contributed by atoms with E-state index in [1.807, 2.05) is 39.8 Å². The quantitative estimate of drug-likeness (QED) is 0.501. The summed E-state index contributed by atoms with van der Waals surface area (Å²) in [6.45, 7) is 14.8. The highest BCUT2D eigenvalue weighted by Gasteiger charge is 2.69. The molecule has 1 saturated heterocycles. The van der Waals surface area contributed by atoms with Crippen molar-refractivity contribution < 1.29 is 19.5 Å². The van der Waals surface area contributed by atoms with Crippen LogP contribution in [0.3, 0.4) is 0 Å². The molecule has 0 saturated carbocycles. The third-order valence-corrected chi connectivity index (χ3v) is 9.72. The summed E-state index contributed by atoms with van der Waals surface area (Å²) < 4.78 is -0.345. The Bertz CT molecular complexity index is 1280. The van der Waals surface area contributed by atoms with Gasteiger partial charge in [-0.05, 0) is 50.5 Å². The van der Waals surface area contributed by atoms with Crippen molar-refractivity contribution in [1.29, 1.82) is 0 Å². The van der Waals surface area contributed by atoms with Gasteiger partial charge in [0.25, 0.3) is 0 Å². The lowest BCUT2D eigenvalue weighted by molar-refractivity contribution is -0.167. The van der Waals surface area contributed by atoms with Crippen LogP contribution in [0.4, 0.5) is 5.69 Å². The first-order valence-electron chi connectivity index (χ1n) is 13.4. The number of hydrogen-bond donors (Lipinski definition) is 2. The van der Waals surface area contributed by atoms with Crippen LogP contribution in [0.25, 0.3) is 0 Å². The smallest absolute Gasteiger partial charge is 0.367 e. The highest BCUT2D eigenvalue weighted by Crippen LogP contribution is 2.53. The number of benzene rings is 2. The van der Waals surface area contributed by atoms with E-state index in [4.69, 9.17) is 0 Å². The van der Waals surface area contributed by atoms with Crippen molar-refractivity contribution in [2.24, 2.45) is 11.3 Å². The summed E-state index contributed by atoms with van der Waals surface area (Å²) in [6, 6.07) is 12.3. The van der Waals surface area contributed by atoms with Crippen LogP contribution in [-0.4, -0.2) is 53.7 Å². The van der Waals surface area contributed by atoms with Crippen molar-refractivity contribution >= 4 is 35.1 Å². The fourth-order valence-corrected chi connectivity index (χ4v) is 8.06. The van der Waals surface area contributed by atoms with Crippen LogP contribution in [0, 0.1) is 32.1 Å². The molecule has 7 heteroatoms. The summed E-state index contributed by atoms with van der Waals surface area (Å²) in [6.07, 6.45) is 0.195. The molecule has 4 atom stereocenters. The maximum absolute atomic E-state index is 14.7. The van der Waals surface area contributed by atoms with E-state index in [0.717, 1.165) is 22.4 Å². The monoisotopic (exact) mass is 537 g/mol. The van der Waals surface area contributed by atoms with Crippen molar-refractivity contribution in [2.45, 2.75) is 65.7 Å². The minimum absolute atomic E-state index is 0.128. The average molecular weight is 538 g/mol. The van der Waals surface area contributed by atoms with Gasteiger partial charge in [0.1, 0.15) is 17.2 Å². The standard InChI is InChI=1S/C31H40N2O4S/c1-19-11-12-26-24(15-19)28(23-10-8-9-20(2)21(23)3)38-17-27(35)33(26,18-30(5,6)7)31(29(36)37)13-14-32-16-25(31)22(4)34/h8-12,15,25,28,32H,13-14,16-18H2,1-7H3/p+1/t25-,28?,31+,33+/m1/s1. The van der Waals surface area contributed by atoms with Gasteiger partial charge in [-0.2, -0.15) is 0 Å². The van der Waals surface area contributed by atoms with Gasteiger partial charge in [0.15, 0.2) is 0 Å². The maximum atomic E-state index is 14.7. The molecule has 1 amide bonds. The number of nitrogens with one attached hydrogen (secondary N) is 1. The fraction of sp³-hybridized carbons (Fsp3) is 0.516. The highest BCUT2D eigenvalue weighted by molar-refractivity contribution is 8.00. The number of aliphatic carboxylic acids is 1. The number of carboxylic acids is 1. The van der Waals surface area contributed by atoms with E-state index in [2.05, 4.69) is 43.4 Å². The number of hydrogen-bond acceptors (Lipinski definition) is 5. The van der Waals surface area contributed by atoms with E-state index < -0.39 is 22.8 Å². The number of fused-ring (bicyclic) bond motifs is 1. The molecule has 2 heterocycles. The number of aryl methyl sites for hydroxylation is 2. The number of carboxylic acid groups (broad SMARTS) is 1. The van der Waals surface area contributed by atoms with Crippen LogP contribution in [0.1, 0.15) is 67.2 Å². The van der Waals surface area contributed by atoms with Gasteiger partial charge in [0.2, 0.25) is 5.54 Å². The molecule has 0 aliphatic carbocycles. The summed E-state index contributed by atoms with van der Waals surface area (Å²) in [5, 5.41) is 14.2. The van der Waals surface area contributed by atoms with Gasteiger partial charge in [-0.3, -0.25) is 4.79 Å². The zero-order chi connectivity index (χ0) is 28.0. The number of thioether (sulfide) groups is 1. The van der Waals surface area contributed by atoms with E-state index in [9.17, 15) is 19.5 Å². The Morgan fingerprint density at radius 1 is 1.13 bits per heavy atom. The Hall–Kier alpha value is -2.48. The Labute approximate surface area is 230 Å². The van der Waals surface area contributed by atoms with Gasteiger partial charge in [-0.15, -0.1) is 11.8 Å². The molecule has 0 aromatic heterocycles. The Balaban J connectivity index is 2.15. The molecule has 1 fully saturated rings. The SMILES string of the molecule is CC(=O)[C@H]1CNCC[C@]1(C(=O)O)[N@+]1(CC(C)(C)C)C(=O)CSC(c2cccc(C)c2C)c2cc(C)ccc21. The largest absolute Gasteiger partial charge is 0.477 e. The van der Waals surface area contributed by atoms with E-state index in [1.165, 1.54) is 18.1 Å². The summed E-state index contributed by atoms with van der Waals surface area (Å²) in [7, 11) is 0. The number of amides is 1. The van der Waals surface area contributed by atoms with Crippen LogP contribution in [0.2, 0.25) is 0 Å². The Kier molecular flexibility index (Phi) is 7.69. The molecule has 38 heavy (non-hydrogen) atoms. The first-order valence-corrected chi connectivity index (χ1v) is 14.5. The third kappa shape index (κ3) is 4.52. The fourth-order valence-electron chi connectivity index (χ4n) is 6.72. The predicted molar refractivity (Wildman–Crippen MR) is 155 cm³/mol. The van der Waals surface area contributed by atoms with Crippen LogP contribution in [-0.2, 0) is 14.4 Å². The van der Waals surface area contributed by atoms with Crippen LogP contribution >= 0.6 is 11.8 Å².